The van der Waals surface area contributed by atoms with Crippen molar-refractivity contribution in [2.45, 2.75) is 38.5 Å². The van der Waals surface area contributed by atoms with Crippen LogP contribution < -0.4 is 10.6 Å². The van der Waals surface area contributed by atoms with E-state index in [1.165, 1.54) is 27.8 Å². The lowest BCUT2D eigenvalue weighted by atomic mass is 9.93. The minimum Gasteiger partial charge on any atom is -0.456 e. The molecule has 0 bridgehead atoms. The third kappa shape index (κ3) is 5.25. The zero-order valence-electron chi connectivity index (χ0n) is 32.1. The third-order valence-corrected chi connectivity index (χ3v) is 12.3. The molecular weight excluding hydrogens is 713 g/mol. The highest BCUT2D eigenvalue weighted by Crippen LogP contribution is 2.43. The van der Waals surface area contributed by atoms with Crippen molar-refractivity contribution in [1.82, 2.24) is 15.2 Å². The van der Waals surface area contributed by atoms with Gasteiger partial charge in [-0.2, -0.15) is 0 Å². The second-order valence-corrected chi connectivity index (χ2v) is 15.9. The molecule has 0 amide bonds. The Bertz CT molecular complexity index is 3250. The van der Waals surface area contributed by atoms with Gasteiger partial charge in [0.15, 0.2) is 5.58 Å². The first kappa shape index (κ1) is 33.3. The summed E-state index contributed by atoms with van der Waals surface area (Å²) in [7, 11) is 0. The normalized spacial score (nSPS) is 19.2. The van der Waals surface area contributed by atoms with Crippen LogP contribution >= 0.6 is 0 Å². The summed E-state index contributed by atoms with van der Waals surface area (Å²) in [5, 5.41) is 13.4. The summed E-state index contributed by atoms with van der Waals surface area (Å²) in [6, 6.07) is 45.1. The highest BCUT2D eigenvalue weighted by molar-refractivity contribution is 6.13. The molecule has 3 unspecified atom stereocenters. The average molecular weight is 753 g/mol. The van der Waals surface area contributed by atoms with Gasteiger partial charge in [0.2, 0.25) is 0 Å². The van der Waals surface area contributed by atoms with Gasteiger partial charge < -0.3 is 18.7 Å². The SMILES string of the molecule is CC1C=CC(c2cccc(C3N=C(c4ccccc4)NC(c4cccc5oc6c(-n7c8c(c9cc%10c(cc97)oc7ccccc7%10)C=CCC8)cccc6c45)N3)c2)=CC1. The molecule has 12 rings (SSSR count). The summed E-state index contributed by atoms with van der Waals surface area (Å²) in [5.74, 6) is 1.42. The van der Waals surface area contributed by atoms with Gasteiger partial charge in [-0.1, -0.05) is 128 Å². The van der Waals surface area contributed by atoms with Gasteiger partial charge in [-0.15, -0.1) is 0 Å². The maximum absolute atomic E-state index is 6.97. The first-order valence-corrected chi connectivity index (χ1v) is 20.4. The van der Waals surface area contributed by atoms with Crippen molar-refractivity contribution < 1.29 is 8.83 Å². The largest absolute Gasteiger partial charge is 0.456 e. The van der Waals surface area contributed by atoms with E-state index in [0.29, 0.717) is 5.92 Å². The van der Waals surface area contributed by atoms with Crippen molar-refractivity contribution in [2.24, 2.45) is 10.9 Å². The smallest absolute Gasteiger partial charge is 0.159 e. The van der Waals surface area contributed by atoms with Crippen molar-refractivity contribution in [3.05, 3.63) is 185 Å². The molecule has 6 heteroatoms. The number of hydrogen-bond acceptors (Lipinski definition) is 5. The number of amidine groups is 1. The van der Waals surface area contributed by atoms with E-state index in [1.807, 2.05) is 18.2 Å². The average Bonchev–Trinajstić information content (AvgIpc) is 3.95. The van der Waals surface area contributed by atoms with Crippen LogP contribution in [0.1, 0.15) is 65.6 Å². The molecule has 6 aromatic carbocycles. The Morgan fingerprint density at radius 1 is 0.707 bits per heavy atom. The van der Waals surface area contributed by atoms with Gasteiger partial charge in [-0.25, -0.2) is 4.99 Å². The number of fused-ring (bicyclic) bond motifs is 9. The molecule has 1 aliphatic heterocycles. The van der Waals surface area contributed by atoms with Gasteiger partial charge >= 0.3 is 0 Å². The lowest BCUT2D eigenvalue weighted by Gasteiger charge is -2.32. The first-order valence-electron chi connectivity index (χ1n) is 20.4. The van der Waals surface area contributed by atoms with Crippen LogP contribution in [0.4, 0.5) is 0 Å². The lowest BCUT2D eigenvalue weighted by Crippen LogP contribution is -2.45. The molecule has 9 aromatic rings. The Morgan fingerprint density at radius 2 is 1.53 bits per heavy atom. The van der Waals surface area contributed by atoms with Crippen LogP contribution in [0.3, 0.4) is 0 Å². The van der Waals surface area contributed by atoms with Gasteiger partial charge in [0.05, 0.1) is 11.2 Å². The zero-order chi connectivity index (χ0) is 38.3. The molecule has 0 fully saturated rings. The molecule has 0 spiro atoms. The molecule has 3 atom stereocenters. The highest BCUT2D eigenvalue weighted by atomic mass is 16.3. The topological polar surface area (TPSA) is 67.6 Å². The molecule has 0 saturated carbocycles. The fraction of sp³-hybridized carbons (Fsp3) is 0.135. The lowest BCUT2D eigenvalue weighted by molar-refractivity contribution is 0.411. The van der Waals surface area contributed by atoms with Gasteiger partial charge in [0.25, 0.3) is 0 Å². The second-order valence-electron chi connectivity index (χ2n) is 15.9. The first-order chi connectivity index (χ1) is 28.6. The van der Waals surface area contributed by atoms with Crippen LogP contribution in [-0.2, 0) is 6.42 Å². The van der Waals surface area contributed by atoms with Crippen LogP contribution in [-0.4, -0.2) is 10.4 Å². The van der Waals surface area contributed by atoms with Crippen molar-refractivity contribution in [1.29, 1.82) is 0 Å². The van der Waals surface area contributed by atoms with Crippen LogP contribution in [0.15, 0.2) is 166 Å². The van der Waals surface area contributed by atoms with E-state index < -0.39 is 0 Å². The van der Waals surface area contributed by atoms with E-state index in [9.17, 15) is 0 Å². The van der Waals surface area contributed by atoms with E-state index in [1.54, 1.807) is 0 Å². The summed E-state index contributed by atoms with van der Waals surface area (Å²) in [6.07, 6.45) is 14.0. The number of aromatic nitrogens is 1. The summed E-state index contributed by atoms with van der Waals surface area (Å²) in [4.78, 5) is 5.30. The van der Waals surface area contributed by atoms with Crippen LogP contribution in [0.25, 0.3) is 72.1 Å². The van der Waals surface area contributed by atoms with Gasteiger partial charge in [0, 0.05) is 55.4 Å². The number of nitrogens with zero attached hydrogens (tertiary/aromatic N) is 2. The van der Waals surface area contributed by atoms with Gasteiger partial charge in [-0.05, 0) is 72.2 Å². The molecule has 2 aliphatic carbocycles. The van der Waals surface area contributed by atoms with Crippen molar-refractivity contribution >= 4 is 72.3 Å². The monoisotopic (exact) mass is 752 g/mol. The third-order valence-electron chi connectivity index (χ3n) is 12.3. The number of hydrogen-bond donors (Lipinski definition) is 2. The van der Waals surface area contributed by atoms with E-state index in [-0.39, 0.29) is 12.3 Å². The van der Waals surface area contributed by atoms with Crippen LogP contribution in [0.2, 0.25) is 0 Å². The van der Waals surface area contributed by atoms with E-state index in [2.05, 4.69) is 162 Å². The predicted molar refractivity (Wildman–Crippen MR) is 237 cm³/mol. The van der Waals surface area contributed by atoms with Crippen molar-refractivity contribution in [3.8, 4) is 5.69 Å². The maximum atomic E-state index is 6.97. The predicted octanol–water partition coefficient (Wildman–Crippen LogP) is 12.7. The summed E-state index contributed by atoms with van der Waals surface area (Å²) in [6.45, 7) is 2.26. The zero-order valence-corrected chi connectivity index (χ0v) is 32.1. The number of furan rings is 2. The molecular formula is C52H40N4O2. The highest BCUT2D eigenvalue weighted by Gasteiger charge is 2.29. The fourth-order valence-electron chi connectivity index (χ4n) is 9.45. The fourth-order valence-corrected chi connectivity index (χ4v) is 9.45. The number of benzene rings is 6. The Kier molecular flexibility index (Phi) is 7.50. The van der Waals surface area contributed by atoms with Crippen molar-refractivity contribution in [2.75, 3.05) is 0 Å². The molecule has 2 N–H and O–H groups in total. The van der Waals surface area contributed by atoms with Crippen LogP contribution in [0, 0.1) is 5.92 Å². The summed E-state index contributed by atoms with van der Waals surface area (Å²) < 4.78 is 15.8. The Hall–Kier alpha value is -6.89. The molecule has 3 aliphatic rings. The van der Waals surface area contributed by atoms with Gasteiger partial charge in [-0.3, -0.25) is 5.32 Å². The molecule has 0 radical (unpaired) electrons. The quantitative estimate of drug-likeness (QED) is 0.184. The van der Waals surface area contributed by atoms with Gasteiger partial charge in [0.1, 0.15) is 34.9 Å². The van der Waals surface area contributed by atoms with E-state index in [0.717, 1.165) is 96.9 Å². The Balaban J connectivity index is 1.01. The molecule has 58 heavy (non-hydrogen) atoms. The standard InChI is InChI=1S/C52H40N4O2/c1-31-24-26-32(27-25-31)34-14-9-15-35(28-34)51-53-50(33-12-3-2-4-13-33)54-52(55-51)39-19-11-23-46-48(39)38-18-10-21-43(49(38)58-46)56-42-20-7-5-16-36(42)40-29-41-37-17-6-8-22-45(37)57-47(41)30-44(40)56/h2-6,8-19,21-24,26-31,51-52,55H,7,20,25H2,1H3,(H,53,54). The molecule has 6 nitrogen and oxygen atoms in total. The van der Waals surface area contributed by atoms with E-state index >= 15 is 0 Å². The molecule has 3 aromatic heterocycles. The number of aliphatic imine (C=N–C) groups is 1. The summed E-state index contributed by atoms with van der Waals surface area (Å²) >= 11 is 0. The summed E-state index contributed by atoms with van der Waals surface area (Å²) in [5.41, 5.74) is 14.0. The molecule has 280 valence electrons. The molecule has 4 heterocycles. The minimum atomic E-state index is -0.279. The number of nitrogens with one attached hydrogen (secondary N) is 2. The Morgan fingerprint density at radius 3 is 2.45 bits per heavy atom. The van der Waals surface area contributed by atoms with E-state index in [4.69, 9.17) is 13.8 Å². The maximum Gasteiger partial charge on any atom is 0.159 e. The molecule has 0 saturated heterocycles. The number of allylic oxidation sites excluding steroid dienone is 5. The Labute approximate surface area is 335 Å². The second kappa shape index (κ2) is 13.1. The number of para-hydroxylation sites is 2. The minimum absolute atomic E-state index is 0.254. The van der Waals surface area contributed by atoms with Crippen LogP contribution in [0.5, 0.6) is 0 Å². The van der Waals surface area contributed by atoms with Crippen molar-refractivity contribution in [3.63, 3.8) is 0 Å². The number of rotatable bonds is 5.